The van der Waals surface area contributed by atoms with Crippen molar-refractivity contribution in [2.75, 3.05) is 26.2 Å². The third kappa shape index (κ3) is 6.05. The minimum Gasteiger partial charge on any atom is -0.325 e. The topological polar surface area (TPSA) is 29.3 Å². The summed E-state index contributed by atoms with van der Waals surface area (Å²) in [7, 11) is 0. The van der Waals surface area contributed by atoms with E-state index in [0.717, 1.165) is 12.8 Å². The van der Waals surface area contributed by atoms with Gasteiger partial charge in [0.05, 0.1) is 13.1 Å². The Balaban J connectivity index is 3.83. The number of alkyl halides is 2. The molecule has 0 rings (SSSR count). The molecule has 2 nitrogen and oxygen atoms in total. The first-order valence-corrected chi connectivity index (χ1v) is 4.97. The lowest BCUT2D eigenvalue weighted by atomic mass is 10.2. The Kier molecular flexibility index (Phi) is 6.66. The molecule has 0 saturated carbocycles. The number of halogens is 2. The number of allylic oxidation sites excluding steroid dienone is 1. The molecule has 2 N–H and O–H groups in total. The van der Waals surface area contributed by atoms with Crippen LogP contribution in [0.1, 0.15) is 19.8 Å². The number of hydrogen-bond donors (Lipinski definition) is 1. The molecule has 0 aliphatic carbocycles. The highest BCUT2D eigenvalue weighted by Crippen LogP contribution is 2.13. The second-order valence-electron chi connectivity index (χ2n) is 3.36. The van der Waals surface area contributed by atoms with Gasteiger partial charge in [-0.3, -0.25) is 4.90 Å². The van der Waals surface area contributed by atoms with Crippen LogP contribution in [-0.4, -0.2) is 37.0 Å². The van der Waals surface area contributed by atoms with Gasteiger partial charge in [0, 0.05) is 0 Å². The summed E-state index contributed by atoms with van der Waals surface area (Å²) >= 11 is 0. The average Bonchev–Trinajstić information content (AvgIpc) is 2.16. The van der Waals surface area contributed by atoms with Crippen LogP contribution >= 0.6 is 0 Å². The summed E-state index contributed by atoms with van der Waals surface area (Å²) in [5.41, 5.74) is 4.97. The van der Waals surface area contributed by atoms with Crippen LogP contribution in [0.3, 0.4) is 0 Å². The van der Waals surface area contributed by atoms with Crippen LogP contribution in [0, 0.1) is 0 Å². The Morgan fingerprint density at radius 2 is 2.14 bits per heavy atom. The minimum absolute atomic E-state index is 0.239. The van der Waals surface area contributed by atoms with Crippen LogP contribution < -0.4 is 5.73 Å². The number of hydrogen-bond acceptors (Lipinski definition) is 2. The molecule has 84 valence electrons. The van der Waals surface area contributed by atoms with Gasteiger partial charge in [0.1, 0.15) is 0 Å². The van der Waals surface area contributed by atoms with E-state index in [0.29, 0.717) is 13.1 Å². The molecular formula is C10H20F2N2. The third-order valence-corrected chi connectivity index (χ3v) is 2.08. The van der Waals surface area contributed by atoms with Crippen LogP contribution in [0.15, 0.2) is 12.7 Å². The van der Waals surface area contributed by atoms with Gasteiger partial charge in [-0.2, -0.15) is 0 Å². The molecule has 14 heavy (non-hydrogen) atoms. The van der Waals surface area contributed by atoms with Crippen LogP contribution in [0.4, 0.5) is 8.78 Å². The lowest BCUT2D eigenvalue weighted by Crippen LogP contribution is -2.42. The molecule has 0 heterocycles. The summed E-state index contributed by atoms with van der Waals surface area (Å²) in [6.45, 7) is 5.96. The van der Waals surface area contributed by atoms with Gasteiger partial charge >= 0.3 is 0 Å². The lowest BCUT2D eigenvalue weighted by molar-refractivity contribution is -0.0224. The predicted octanol–water partition coefficient (Wildman–Crippen LogP) is 1.87. The van der Waals surface area contributed by atoms with Gasteiger partial charge in [0.2, 0.25) is 0 Å². The van der Waals surface area contributed by atoms with Crippen molar-refractivity contribution >= 4 is 0 Å². The molecule has 0 fully saturated rings. The van der Waals surface area contributed by atoms with Crippen molar-refractivity contribution in [1.82, 2.24) is 4.90 Å². The highest BCUT2D eigenvalue weighted by Gasteiger charge is 2.28. The summed E-state index contributed by atoms with van der Waals surface area (Å²) < 4.78 is 25.8. The van der Waals surface area contributed by atoms with Crippen molar-refractivity contribution in [3.05, 3.63) is 12.7 Å². The molecule has 0 aliphatic rings. The Morgan fingerprint density at radius 3 is 2.57 bits per heavy atom. The fraction of sp³-hybridized carbons (Fsp3) is 0.800. The quantitative estimate of drug-likeness (QED) is 0.485. The maximum Gasteiger partial charge on any atom is 0.272 e. The van der Waals surface area contributed by atoms with E-state index >= 15 is 0 Å². The van der Waals surface area contributed by atoms with Crippen molar-refractivity contribution < 1.29 is 8.78 Å². The first-order chi connectivity index (χ1) is 6.55. The van der Waals surface area contributed by atoms with Crippen molar-refractivity contribution in [1.29, 1.82) is 0 Å². The average molecular weight is 206 g/mol. The van der Waals surface area contributed by atoms with Gasteiger partial charge in [-0.05, 0) is 25.9 Å². The number of unbranched alkanes of at least 4 members (excludes halogenated alkanes) is 1. The summed E-state index contributed by atoms with van der Waals surface area (Å²) in [4.78, 5) is 1.72. The molecule has 0 saturated heterocycles. The zero-order chi connectivity index (χ0) is 11.0. The summed E-state index contributed by atoms with van der Waals surface area (Å²) in [6.07, 6.45) is 3.54. The Labute approximate surface area is 84.8 Å². The predicted molar refractivity (Wildman–Crippen MR) is 55.5 cm³/mol. The van der Waals surface area contributed by atoms with E-state index in [4.69, 9.17) is 5.73 Å². The van der Waals surface area contributed by atoms with E-state index in [1.807, 2.05) is 6.92 Å². The molecule has 0 aromatic carbocycles. The normalized spacial score (nSPS) is 12.1. The largest absolute Gasteiger partial charge is 0.325 e. The number of nitrogens with zero attached hydrogens (tertiary/aromatic N) is 1. The second-order valence-corrected chi connectivity index (χ2v) is 3.36. The van der Waals surface area contributed by atoms with Gasteiger partial charge < -0.3 is 5.73 Å². The third-order valence-electron chi connectivity index (χ3n) is 2.08. The zero-order valence-electron chi connectivity index (χ0n) is 8.81. The SMILES string of the molecule is C=CCCCN(CC)CC(F)(F)CN. The van der Waals surface area contributed by atoms with Gasteiger partial charge in [-0.15, -0.1) is 6.58 Å². The fourth-order valence-electron chi connectivity index (χ4n) is 1.20. The van der Waals surface area contributed by atoms with Crippen molar-refractivity contribution in [3.63, 3.8) is 0 Å². The lowest BCUT2D eigenvalue weighted by Gasteiger charge is -2.25. The van der Waals surface area contributed by atoms with Gasteiger partial charge in [-0.25, -0.2) is 8.78 Å². The summed E-state index contributed by atoms with van der Waals surface area (Å²) in [6, 6.07) is 0. The molecule has 0 aromatic heterocycles. The Bertz CT molecular complexity index is 160. The zero-order valence-corrected chi connectivity index (χ0v) is 8.81. The standard InChI is InChI=1S/C10H20F2N2/c1-3-5-6-7-14(4-2)9-10(11,12)8-13/h3H,1,4-9,13H2,2H3. The molecule has 0 aliphatic heterocycles. The van der Waals surface area contributed by atoms with Crippen LogP contribution in [0.2, 0.25) is 0 Å². The Hall–Kier alpha value is -0.480. The van der Waals surface area contributed by atoms with E-state index in [9.17, 15) is 8.78 Å². The van der Waals surface area contributed by atoms with Crippen molar-refractivity contribution in [2.45, 2.75) is 25.7 Å². The van der Waals surface area contributed by atoms with E-state index < -0.39 is 12.5 Å². The molecule has 0 spiro atoms. The first-order valence-electron chi connectivity index (χ1n) is 4.97. The van der Waals surface area contributed by atoms with Gasteiger partial charge in [-0.1, -0.05) is 13.0 Å². The summed E-state index contributed by atoms with van der Waals surface area (Å²) in [5.74, 6) is -2.76. The van der Waals surface area contributed by atoms with Gasteiger partial charge in [0.15, 0.2) is 0 Å². The molecule has 0 atom stereocenters. The molecule has 0 aromatic rings. The monoisotopic (exact) mass is 206 g/mol. The van der Waals surface area contributed by atoms with Crippen molar-refractivity contribution in [3.8, 4) is 0 Å². The maximum absolute atomic E-state index is 12.9. The number of nitrogens with two attached hydrogens (primary N) is 1. The summed E-state index contributed by atoms with van der Waals surface area (Å²) in [5, 5.41) is 0. The molecule has 4 heteroatoms. The molecule has 0 amide bonds. The maximum atomic E-state index is 12.9. The highest BCUT2D eigenvalue weighted by atomic mass is 19.3. The molecular weight excluding hydrogens is 186 g/mol. The van der Waals surface area contributed by atoms with E-state index in [1.165, 1.54) is 0 Å². The van der Waals surface area contributed by atoms with Crippen molar-refractivity contribution in [2.24, 2.45) is 5.73 Å². The van der Waals surface area contributed by atoms with E-state index in [-0.39, 0.29) is 6.54 Å². The van der Waals surface area contributed by atoms with Crippen LogP contribution in [-0.2, 0) is 0 Å². The Morgan fingerprint density at radius 1 is 1.50 bits per heavy atom. The smallest absolute Gasteiger partial charge is 0.272 e. The van der Waals surface area contributed by atoms with Gasteiger partial charge in [0.25, 0.3) is 5.92 Å². The first kappa shape index (κ1) is 13.5. The van der Waals surface area contributed by atoms with Crippen LogP contribution in [0.25, 0.3) is 0 Å². The van der Waals surface area contributed by atoms with E-state index in [1.54, 1.807) is 11.0 Å². The van der Waals surface area contributed by atoms with E-state index in [2.05, 4.69) is 6.58 Å². The number of rotatable bonds is 8. The molecule has 0 bridgehead atoms. The van der Waals surface area contributed by atoms with Crippen LogP contribution in [0.5, 0.6) is 0 Å². The second kappa shape index (κ2) is 6.90. The minimum atomic E-state index is -2.76. The molecule has 0 unspecified atom stereocenters. The molecule has 0 radical (unpaired) electrons. The highest BCUT2D eigenvalue weighted by molar-refractivity contribution is 4.74. The fourth-order valence-corrected chi connectivity index (χ4v) is 1.20.